The monoisotopic (exact) mass is 244 g/mol. The Hall–Kier alpha value is 0.216. The predicted octanol–water partition coefficient (Wildman–Crippen LogP) is 1.25. The van der Waals surface area contributed by atoms with E-state index in [0.717, 1.165) is 0 Å². The van der Waals surface area contributed by atoms with E-state index < -0.39 is 18.2 Å². The maximum atomic E-state index is 11.8. The molecule has 0 amide bonds. The van der Waals surface area contributed by atoms with Crippen LogP contribution in [0.4, 0.5) is 13.2 Å². The first-order chi connectivity index (χ1) is 5.12. The van der Waals surface area contributed by atoms with Gasteiger partial charge in [-0.3, -0.25) is 0 Å². The molecule has 0 rings (SSSR count). The van der Waals surface area contributed by atoms with Crippen molar-refractivity contribution in [2.75, 3.05) is 20.6 Å². The van der Waals surface area contributed by atoms with Gasteiger partial charge in [0.15, 0.2) is 0 Å². The minimum Gasteiger partial charge on any atom is -0.388 e. The van der Waals surface area contributed by atoms with Gasteiger partial charge in [0.05, 0.1) is 12.0 Å². The fourth-order valence-corrected chi connectivity index (χ4v) is 1.17. The van der Waals surface area contributed by atoms with Crippen molar-refractivity contribution in [3.05, 3.63) is 0 Å². The zero-order chi connectivity index (χ0) is 9.99. The van der Waals surface area contributed by atoms with Crippen molar-refractivity contribution < 1.29 is 35.1 Å². The maximum absolute atomic E-state index is 11.8. The molecular weight excluding hydrogens is 230 g/mol. The number of nitrogens with zero attached hydrogens (tertiary/aromatic N) is 1. The third kappa shape index (κ3) is 10.1. The van der Waals surface area contributed by atoms with Gasteiger partial charge in [-0.25, -0.2) is 0 Å². The van der Waals surface area contributed by atoms with Gasteiger partial charge in [0, 0.05) is 23.3 Å². The number of likely N-dealkylation sites (N-methyl/N-ethyl adjacent to an activating group) is 1. The number of alkyl halides is 3. The van der Waals surface area contributed by atoms with E-state index in [1.807, 2.05) is 0 Å². The molecule has 1 radical (unpaired) electrons. The number of hydrogen-bond donors (Lipinski definition) is 1. The smallest absolute Gasteiger partial charge is 0.388 e. The molecule has 0 aliphatic carbocycles. The van der Waals surface area contributed by atoms with Crippen molar-refractivity contribution in [2.24, 2.45) is 0 Å². The quantitative estimate of drug-likeness (QED) is 0.807. The van der Waals surface area contributed by atoms with Crippen molar-refractivity contribution in [1.82, 2.24) is 4.90 Å². The molecule has 83 valence electrons. The molecule has 0 saturated carbocycles. The SMILES string of the molecule is CN(C)CC(C)(O)CC(F)(F)F.[Co]. The van der Waals surface area contributed by atoms with Crippen molar-refractivity contribution in [1.29, 1.82) is 0 Å². The molecule has 0 heterocycles. The number of halogens is 3. The van der Waals surface area contributed by atoms with Crippen molar-refractivity contribution in [2.45, 2.75) is 25.1 Å². The molecule has 1 atom stereocenters. The van der Waals surface area contributed by atoms with Crippen LogP contribution in [0.15, 0.2) is 0 Å². The van der Waals surface area contributed by atoms with Gasteiger partial charge in [-0.05, 0) is 21.0 Å². The normalized spacial score (nSPS) is 16.6. The molecule has 1 unspecified atom stereocenters. The molecule has 0 fully saturated rings. The average Bonchev–Trinajstić information content (AvgIpc) is 1.48. The summed E-state index contributed by atoms with van der Waals surface area (Å²) in [6.45, 7) is 1.19. The summed E-state index contributed by atoms with van der Waals surface area (Å²) in [6.07, 6.45) is -5.47. The minimum atomic E-state index is -4.31. The molecule has 6 heteroatoms. The number of aliphatic hydroxyl groups is 1. The summed E-state index contributed by atoms with van der Waals surface area (Å²) in [5.74, 6) is 0. The summed E-state index contributed by atoms with van der Waals surface area (Å²) < 4.78 is 35.5. The summed E-state index contributed by atoms with van der Waals surface area (Å²) in [5, 5.41) is 9.26. The van der Waals surface area contributed by atoms with E-state index in [4.69, 9.17) is 0 Å². The second kappa shape index (κ2) is 5.19. The van der Waals surface area contributed by atoms with Gasteiger partial charge in [0.25, 0.3) is 0 Å². The van der Waals surface area contributed by atoms with Gasteiger partial charge in [-0.1, -0.05) is 0 Å². The average molecular weight is 244 g/mol. The van der Waals surface area contributed by atoms with Crippen LogP contribution in [0.25, 0.3) is 0 Å². The molecule has 0 aromatic rings. The van der Waals surface area contributed by atoms with Crippen LogP contribution in [0.5, 0.6) is 0 Å². The van der Waals surface area contributed by atoms with Crippen molar-refractivity contribution >= 4 is 0 Å². The zero-order valence-corrected chi connectivity index (χ0v) is 8.82. The van der Waals surface area contributed by atoms with Gasteiger partial charge in [0.1, 0.15) is 0 Å². The van der Waals surface area contributed by atoms with Gasteiger partial charge in [0.2, 0.25) is 0 Å². The fraction of sp³-hybridized carbons (Fsp3) is 1.00. The third-order valence-electron chi connectivity index (χ3n) is 1.24. The first-order valence-corrected chi connectivity index (χ1v) is 3.56. The van der Waals surface area contributed by atoms with Crippen LogP contribution < -0.4 is 0 Å². The molecule has 0 aliphatic rings. The Morgan fingerprint density at radius 2 is 1.62 bits per heavy atom. The van der Waals surface area contributed by atoms with Gasteiger partial charge < -0.3 is 10.0 Å². The number of rotatable bonds is 3. The molecule has 1 N–H and O–H groups in total. The van der Waals surface area contributed by atoms with E-state index in [9.17, 15) is 18.3 Å². The topological polar surface area (TPSA) is 23.5 Å². The molecule has 13 heavy (non-hydrogen) atoms. The van der Waals surface area contributed by atoms with Crippen LogP contribution in [-0.2, 0) is 16.8 Å². The predicted molar refractivity (Wildman–Crippen MR) is 39.8 cm³/mol. The Morgan fingerprint density at radius 3 is 1.85 bits per heavy atom. The van der Waals surface area contributed by atoms with Crippen LogP contribution in [-0.4, -0.2) is 42.4 Å². The van der Waals surface area contributed by atoms with Crippen LogP contribution >= 0.6 is 0 Å². The van der Waals surface area contributed by atoms with Crippen LogP contribution in [0.3, 0.4) is 0 Å². The molecular formula is C7H14CoF3NO. The van der Waals surface area contributed by atoms with E-state index in [1.54, 1.807) is 14.1 Å². The summed E-state index contributed by atoms with van der Waals surface area (Å²) in [5.41, 5.74) is -1.69. The number of hydrogen-bond acceptors (Lipinski definition) is 2. The minimum absolute atomic E-state index is 0. The second-order valence-electron chi connectivity index (χ2n) is 3.53. The first-order valence-electron chi connectivity index (χ1n) is 3.56. The van der Waals surface area contributed by atoms with Gasteiger partial charge in [-0.2, -0.15) is 13.2 Å². The van der Waals surface area contributed by atoms with E-state index >= 15 is 0 Å². The molecule has 0 aromatic heterocycles. The fourth-order valence-electron chi connectivity index (χ4n) is 1.17. The Morgan fingerprint density at radius 1 is 1.23 bits per heavy atom. The Labute approximate surface area is 86.3 Å². The summed E-state index contributed by atoms with van der Waals surface area (Å²) in [6, 6.07) is 0. The van der Waals surface area contributed by atoms with Crippen molar-refractivity contribution in [3.8, 4) is 0 Å². The summed E-state index contributed by atoms with van der Waals surface area (Å²) in [4.78, 5) is 1.52. The van der Waals surface area contributed by atoms with Crippen LogP contribution in [0.1, 0.15) is 13.3 Å². The molecule has 0 spiro atoms. The zero-order valence-electron chi connectivity index (χ0n) is 7.78. The van der Waals surface area contributed by atoms with Crippen LogP contribution in [0.2, 0.25) is 0 Å². The molecule has 0 bridgehead atoms. The van der Waals surface area contributed by atoms with Crippen molar-refractivity contribution in [3.63, 3.8) is 0 Å². The van der Waals surface area contributed by atoms with E-state index in [-0.39, 0.29) is 23.3 Å². The summed E-state index contributed by atoms with van der Waals surface area (Å²) >= 11 is 0. The second-order valence-corrected chi connectivity index (χ2v) is 3.53. The van der Waals surface area contributed by atoms with E-state index in [0.29, 0.717) is 0 Å². The molecule has 0 saturated heterocycles. The summed E-state index contributed by atoms with van der Waals surface area (Å²) in [7, 11) is 3.23. The molecule has 0 aromatic carbocycles. The third-order valence-corrected chi connectivity index (χ3v) is 1.24. The van der Waals surface area contributed by atoms with Crippen LogP contribution in [0, 0.1) is 0 Å². The van der Waals surface area contributed by atoms with E-state index in [2.05, 4.69) is 0 Å². The Bertz CT molecular complexity index is 147. The largest absolute Gasteiger partial charge is 0.391 e. The van der Waals surface area contributed by atoms with Gasteiger partial charge >= 0.3 is 6.18 Å². The maximum Gasteiger partial charge on any atom is 0.391 e. The van der Waals surface area contributed by atoms with E-state index in [1.165, 1.54) is 11.8 Å². The molecule has 0 aliphatic heterocycles. The Kier molecular flexibility index (Phi) is 6.25. The van der Waals surface area contributed by atoms with Gasteiger partial charge in [-0.15, -0.1) is 0 Å². The standard InChI is InChI=1S/C7H14F3NO.Co/c1-6(12,5-11(2)3)4-7(8,9)10;/h12H,4-5H2,1-3H3;. The Balaban J connectivity index is 0. The molecule has 2 nitrogen and oxygen atoms in total. The first kappa shape index (κ1) is 15.7.